The Morgan fingerprint density at radius 2 is 2.17 bits per heavy atom. The van der Waals surface area contributed by atoms with E-state index in [0.29, 0.717) is 23.7 Å². The first-order chi connectivity index (χ1) is 8.79. The number of ether oxygens (including phenoxy) is 1. The van der Waals surface area contributed by atoms with Gasteiger partial charge in [0.2, 0.25) is 0 Å². The lowest BCUT2D eigenvalue weighted by atomic mass is 10.2. The van der Waals surface area contributed by atoms with E-state index in [2.05, 4.69) is 10.3 Å². The normalized spacial score (nSPS) is 10.1. The SMILES string of the molecule is COc1cnccc1C(=O)NCCCCCCCl. The summed E-state index contributed by atoms with van der Waals surface area (Å²) in [5, 5.41) is 2.87. The number of carbonyl (C=O) groups excluding carboxylic acids is 1. The molecule has 1 N–H and O–H groups in total. The van der Waals surface area contributed by atoms with Crippen LogP contribution in [0.15, 0.2) is 18.5 Å². The predicted molar refractivity (Wildman–Crippen MR) is 72.3 cm³/mol. The van der Waals surface area contributed by atoms with Gasteiger partial charge in [0.05, 0.1) is 18.9 Å². The fraction of sp³-hybridized carbons (Fsp3) is 0.538. The Labute approximate surface area is 113 Å². The van der Waals surface area contributed by atoms with Gasteiger partial charge in [-0.2, -0.15) is 0 Å². The standard InChI is InChI=1S/C13H19ClN2O2/c1-18-12-10-15-9-6-11(12)13(17)16-8-5-3-2-4-7-14/h6,9-10H,2-5,7-8H2,1H3,(H,16,17). The molecule has 0 saturated carbocycles. The molecule has 5 heteroatoms. The number of pyridine rings is 1. The van der Waals surface area contributed by atoms with Crippen LogP contribution in [0.2, 0.25) is 0 Å². The Kier molecular flexibility index (Phi) is 7.18. The van der Waals surface area contributed by atoms with Crippen molar-refractivity contribution in [3.05, 3.63) is 24.0 Å². The Morgan fingerprint density at radius 1 is 1.39 bits per heavy atom. The van der Waals surface area contributed by atoms with Gasteiger partial charge in [-0.25, -0.2) is 0 Å². The number of nitrogens with zero attached hydrogens (tertiary/aromatic N) is 1. The zero-order valence-electron chi connectivity index (χ0n) is 10.6. The minimum atomic E-state index is -0.119. The van der Waals surface area contributed by atoms with Gasteiger partial charge in [0.25, 0.3) is 5.91 Å². The third-order valence-electron chi connectivity index (χ3n) is 2.60. The molecule has 0 fully saturated rings. The molecule has 0 aliphatic rings. The molecule has 1 rings (SSSR count). The summed E-state index contributed by atoms with van der Waals surface area (Å²) >= 11 is 5.59. The Hall–Kier alpha value is -1.29. The summed E-state index contributed by atoms with van der Waals surface area (Å²) in [5.41, 5.74) is 0.522. The van der Waals surface area contributed by atoms with E-state index in [9.17, 15) is 4.79 Å². The van der Waals surface area contributed by atoms with Crippen LogP contribution in [-0.2, 0) is 0 Å². The molecule has 0 saturated heterocycles. The summed E-state index contributed by atoms with van der Waals surface area (Å²) in [5.74, 6) is 1.09. The Balaban J connectivity index is 2.32. The number of methoxy groups -OCH3 is 1. The van der Waals surface area contributed by atoms with E-state index < -0.39 is 0 Å². The second-order valence-corrected chi connectivity index (χ2v) is 4.31. The number of alkyl halides is 1. The van der Waals surface area contributed by atoms with E-state index in [4.69, 9.17) is 16.3 Å². The number of unbranched alkanes of at least 4 members (excludes halogenated alkanes) is 3. The molecule has 1 amide bonds. The number of hydrogen-bond acceptors (Lipinski definition) is 3. The molecule has 0 atom stereocenters. The third-order valence-corrected chi connectivity index (χ3v) is 2.86. The highest BCUT2D eigenvalue weighted by Gasteiger charge is 2.10. The molecule has 0 spiro atoms. The van der Waals surface area contributed by atoms with E-state index in [1.165, 1.54) is 13.3 Å². The zero-order valence-corrected chi connectivity index (χ0v) is 11.4. The van der Waals surface area contributed by atoms with Gasteiger partial charge in [0.15, 0.2) is 0 Å². The van der Waals surface area contributed by atoms with Gasteiger partial charge < -0.3 is 10.1 Å². The van der Waals surface area contributed by atoms with Crippen LogP contribution in [0.3, 0.4) is 0 Å². The molecule has 0 aliphatic carbocycles. The second kappa shape index (κ2) is 8.75. The Bertz CT molecular complexity index is 372. The van der Waals surface area contributed by atoms with Crippen LogP contribution < -0.4 is 10.1 Å². The van der Waals surface area contributed by atoms with Crippen molar-refractivity contribution in [2.24, 2.45) is 0 Å². The highest BCUT2D eigenvalue weighted by Crippen LogP contribution is 2.15. The summed E-state index contributed by atoms with van der Waals surface area (Å²) in [6, 6.07) is 1.65. The van der Waals surface area contributed by atoms with E-state index in [1.54, 1.807) is 12.3 Å². The lowest BCUT2D eigenvalue weighted by Gasteiger charge is -2.08. The molecule has 0 bridgehead atoms. The van der Waals surface area contributed by atoms with Crippen LogP contribution in [0.5, 0.6) is 5.75 Å². The maximum absolute atomic E-state index is 11.9. The lowest BCUT2D eigenvalue weighted by Crippen LogP contribution is -2.24. The molecule has 0 radical (unpaired) electrons. The fourth-order valence-corrected chi connectivity index (χ4v) is 1.79. The van der Waals surface area contributed by atoms with Crippen LogP contribution in [-0.4, -0.2) is 30.4 Å². The number of rotatable bonds is 8. The van der Waals surface area contributed by atoms with Crippen molar-refractivity contribution in [2.45, 2.75) is 25.7 Å². The number of aromatic nitrogens is 1. The number of nitrogens with one attached hydrogen (secondary N) is 1. The van der Waals surface area contributed by atoms with Gasteiger partial charge >= 0.3 is 0 Å². The van der Waals surface area contributed by atoms with Crippen LogP contribution in [0.25, 0.3) is 0 Å². The quantitative estimate of drug-likeness (QED) is 0.584. The summed E-state index contributed by atoms with van der Waals surface area (Å²) in [4.78, 5) is 15.8. The predicted octanol–water partition coefficient (Wildman–Crippen LogP) is 2.62. The van der Waals surface area contributed by atoms with E-state index in [0.717, 1.165) is 25.7 Å². The van der Waals surface area contributed by atoms with Crippen molar-refractivity contribution < 1.29 is 9.53 Å². The van der Waals surface area contributed by atoms with Crippen LogP contribution in [0, 0.1) is 0 Å². The number of amides is 1. The smallest absolute Gasteiger partial charge is 0.255 e. The number of carbonyl (C=O) groups is 1. The largest absolute Gasteiger partial charge is 0.494 e. The summed E-state index contributed by atoms with van der Waals surface area (Å²) in [6.45, 7) is 0.673. The third kappa shape index (κ3) is 4.92. The van der Waals surface area contributed by atoms with Crippen molar-refractivity contribution in [2.75, 3.05) is 19.5 Å². The van der Waals surface area contributed by atoms with Gasteiger partial charge in [-0.15, -0.1) is 11.6 Å². The van der Waals surface area contributed by atoms with E-state index in [1.807, 2.05) is 0 Å². The highest BCUT2D eigenvalue weighted by molar-refractivity contribution is 6.17. The molecule has 1 aromatic rings. The molecular weight excluding hydrogens is 252 g/mol. The van der Waals surface area contributed by atoms with Gasteiger partial charge in [0, 0.05) is 18.6 Å². The lowest BCUT2D eigenvalue weighted by molar-refractivity contribution is 0.0949. The minimum Gasteiger partial charge on any atom is -0.494 e. The van der Waals surface area contributed by atoms with Crippen molar-refractivity contribution in [1.82, 2.24) is 10.3 Å². The van der Waals surface area contributed by atoms with Crippen LogP contribution >= 0.6 is 11.6 Å². The monoisotopic (exact) mass is 270 g/mol. The highest BCUT2D eigenvalue weighted by atomic mass is 35.5. The zero-order chi connectivity index (χ0) is 13.2. The maximum atomic E-state index is 11.9. The first kappa shape index (κ1) is 14.8. The fourth-order valence-electron chi connectivity index (χ4n) is 1.60. The van der Waals surface area contributed by atoms with Crippen LogP contribution in [0.4, 0.5) is 0 Å². The molecular formula is C13H19ClN2O2. The van der Waals surface area contributed by atoms with Crippen molar-refractivity contribution in [3.8, 4) is 5.75 Å². The van der Waals surface area contributed by atoms with Gasteiger partial charge in [-0.1, -0.05) is 12.8 Å². The molecule has 0 aromatic carbocycles. The summed E-state index contributed by atoms with van der Waals surface area (Å²) < 4.78 is 5.09. The average Bonchev–Trinajstić information content (AvgIpc) is 2.42. The topological polar surface area (TPSA) is 51.2 Å². The van der Waals surface area contributed by atoms with Crippen molar-refractivity contribution in [3.63, 3.8) is 0 Å². The molecule has 4 nitrogen and oxygen atoms in total. The van der Waals surface area contributed by atoms with E-state index in [-0.39, 0.29) is 5.91 Å². The van der Waals surface area contributed by atoms with Crippen molar-refractivity contribution in [1.29, 1.82) is 0 Å². The summed E-state index contributed by atoms with van der Waals surface area (Å²) in [7, 11) is 1.53. The molecule has 0 unspecified atom stereocenters. The van der Waals surface area contributed by atoms with Gasteiger partial charge in [-0.05, 0) is 18.9 Å². The molecule has 1 aromatic heterocycles. The van der Waals surface area contributed by atoms with Gasteiger partial charge in [0.1, 0.15) is 5.75 Å². The molecule has 0 aliphatic heterocycles. The summed E-state index contributed by atoms with van der Waals surface area (Å²) in [6.07, 6.45) is 7.31. The average molecular weight is 271 g/mol. The first-order valence-electron chi connectivity index (χ1n) is 6.11. The molecule has 1 heterocycles. The molecule has 100 valence electrons. The second-order valence-electron chi connectivity index (χ2n) is 3.94. The van der Waals surface area contributed by atoms with Crippen LogP contribution in [0.1, 0.15) is 36.0 Å². The number of hydrogen-bond donors (Lipinski definition) is 1. The Morgan fingerprint density at radius 3 is 2.89 bits per heavy atom. The van der Waals surface area contributed by atoms with E-state index >= 15 is 0 Å². The van der Waals surface area contributed by atoms with Crippen molar-refractivity contribution >= 4 is 17.5 Å². The maximum Gasteiger partial charge on any atom is 0.255 e. The van der Waals surface area contributed by atoms with Gasteiger partial charge in [-0.3, -0.25) is 9.78 Å². The number of halogens is 1. The minimum absolute atomic E-state index is 0.119. The first-order valence-corrected chi connectivity index (χ1v) is 6.65. The molecule has 18 heavy (non-hydrogen) atoms.